The van der Waals surface area contributed by atoms with E-state index in [4.69, 9.17) is 11.6 Å². The summed E-state index contributed by atoms with van der Waals surface area (Å²) < 4.78 is 0. The number of carbonyl (C=O) groups excluding carboxylic acids is 2. The van der Waals surface area contributed by atoms with Crippen LogP contribution in [0.3, 0.4) is 0 Å². The summed E-state index contributed by atoms with van der Waals surface area (Å²) >= 11 is 5.58. The number of halogens is 1. The van der Waals surface area contributed by atoms with Gasteiger partial charge in [-0.25, -0.2) is 0 Å². The lowest BCUT2D eigenvalue weighted by atomic mass is 10.0. The summed E-state index contributed by atoms with van der Waals surface area (Å²) in [5, 5.41) is 2.88. The predicted molar refractivity (Wildman–Crippen MR) is 68.0 cm³/mol. The van der Waals surface area contributed by atoms with Crippen molar-refractivity contribution >= 4 is 23.4 Å². The van der Waals surface area contributed by atoms with Crippen molar-refractivity contribution in [1.29, 1.82) is 0 Å². The van der Waals surface area contributed by atoms with Crippen LogP contribution in [-0.2, 0) is 9.59 Å². The van der Waals surface area contributed by atoms with Crippen molar-refractivity contribution in [2.24, 2.45) is 0 Å². The normalized spacial score (nSPS) is 20.1. The van der Waals surface area contributed by atoms with Gasteiger partial charge in [-0.05, 0) is 25.7 Å². The van der Waals surface area contributed by atoms with Crippen molar-refractivity contribution < 1.29 is 9.59 Å². The Hall–Kier alpha value is -0.770. The Morgan fingerprint density at radius 1 is 1.41 bits per heavy atom. The molecular formula is C12H21ClN2O2. The molecule has 1 fully saturated rings. The van der Waals surface area contributed by atoms with E-state index in [1.54, 1.807) is 0 Å². The van der Waals surface area contributed by atoms with Gasteiger partial charge in [-0.3, -0.25) is 9.59 Å². The van der Waals surface area contributed by atoms with Crippen LogP contribution in [0.5, 0.6) is 0 Å². The molecule has 17 heavy (non-hydrogen) atoms. The van der Waals surface area contributed by atoms with Crippen LogP contribution in [0.4, 0.5) is 0 Å². The Morgan fingerprint density at radius 2 is 2.18 bits per heavy atom. The molecule has 5 heteroatoms. The quantitative estimate of drug-likeness (QED) is 0.602. The van der Waals surface area contributed by atoms with Crippen LogP contribution in [0, 0.1) is 0 Å². The van der Waals surface area contributed by atoms with Gasteiger partial charge in [-0.2, -0.15) is 0 Å². The van der Waals surface area contributed by atoms with Crippen molar-refractivity contribution in [3.63, 3.8) is 0 Å². The molecule has 0 aromatic heterocycles. The van der Waals surface area contributed by atoms with Crippen molar-refractivity contribution in [3.05, 3.63) is 0 Å². The first-order valence-electron chi connectivity index (χ1n) is 6.24. The highest BCUT2D eigenvalue weighted by Gasteiger charge is 2.23. The molecule has 1 heterocycles. The van der Waals surface area contributed by atoms with E-state index in [0.29, 0.717) is 18.8 Å². The standard InChI is InChI=1S/C12H21ClN2O2/c1-10(16)14-11-5-4-8-15(9-11)12(17)6-2-3-7-13/h11H,2-9H2,1H3,(H,14,16). The average molecular weight is 261 g/mol. The van der Waals surface area contributed by atoms with Crippen molar-refractivity contribution in [2.45, 2.75) is 45.1 Å². The van der Waals surface area contributed by atoms with Crippen LogP contribution in [0.25, 0.3) is 0 Å². The lowest BCUT2D eigenvalue weighted by Crippen LogP contribution is -2.49. The number of amides is 2. The minimum absolute atomic E-state index is 0.0218. The zero-order chi connectivity index (χ0) is 12.7. The summed E-state index contributed by atoms with van der Waals surface area (Å²) in [5.41, 5.74) is 0. The molecule has 0 aromatic rings. The molecule has 4 nitrogen and oxygen atoms in total. The molecule has 0 radical (unpaired) electrons. The molecule has 1 atom stereocenters. The molecule has 1 rings (SSSR count). The number of alkyl halides is 1. The Morgan fingerprint density at radius 3 is 2.82 bits per heavy atom. The van der Waals surface area contributed by atoms with E-state index in [2.05, 4.69) is 5.32 Å². The number of nitrogens with zero attached hydrogens (tertiary/aromatic N) is 1. The number of rotatable bonds is 5. The van der Waals surface area contributed by atoms with E-state index < -0.39 is 0 Å². The third-order valence-corrected chi connectivity index (χ3v) is 3.22. The van der Waals surface area contributed by atoms with Crippen molar-refractivity contribution in [1.82, 2.24) is 10.2 Å². The van der Waals surface area contributed by atoms with Gasteiger partial charge in [0.2, 0.25) is 11.8 Å². The molecule has 1 aliphatic rings. The smallest absolute Gasteiger partial charge is 0.222 e. The predicted octanol–water partition coefficient (Wildman–Crippen LogP) is 1.52. The third kappa shape index (κ3) is 5.39. The van der Waals surface area contributed by atoms with Crippen LogP contribution in [0.2, 0.25) is 0 Å². The number of nitrogens with one attached hydrogen (secondary N) is 1. The Kier molecular flexibility index (Phi) is 6.34. The first-order chi connectivity index (χ1) is 8.13. The fraction of sp³-hybridized carbons (Fsp3) is 0.833. The molecule has 2 amide bonds. The maximum Gasteiger partial charge on any atom is 0.222 e. The number of piperidine rings is 1. The van der Waals surface area contributed by atoms with Crippen LogP contribution in [0.1, 0.15) is 39.0 Å². The number of hydrogen-bond donors (Lipinski definition) is 1. The molecule has 98 valence electrons. The van der Waals surface area contributed by atoms with Gasteiger partial charge in [0.25, 0.3) is 0 Å². The van der Waals surface area contributed by atoms with Crippen LogP contribution < -0.4 is 5.32 Å². The Balaban J connectivity index is 2.32. The Labute approximate surface area is 108 Å². The molecule has 0 aromatic carbocycles. The minimum Gasteiger partial charge on any atom is -0.352 e. The number of carbonyl (C=O) groups is 2. The van der Waals surface area contributed by atoms with Gasteiger partial charge < -0.3 is 10.2 Å². The van der Waals surface area contributed by atoms with E-state index in [0.717, 1.165) is 32.2 Å². The Bertz CT molecular complexity index is 271. The van der Waals surface area contributed by atoms with Gasteiger partial charge in [0.05, 0.1) is 0 Å². The number of unbranched alkanes of at least 4 members (excludes halogenated alkanes) is 1. The largest absolute Gasteiger partial charge is 0.352 e. The van der Waals surface area contributed by atoms with Gasteiger partial charge in [-0.1, -0.05) is 0 Å². The maximum atomic E-state index is 11.9. The van der Waals surface area contributed by atoms with Crippen LogP contribution in [0.15, 0.2) is 0 Å². The summed E-state index contributed by atoms with van der Waals surface area (Å²) in [6, 6.07) is 0.123. The summed E-state index contributed by atoms with van der Waals surface area (Å²) in [7, 11) is 0. The lowest BCUT2D eigenvalue weighted by molar-refractivity contribution is -0.133. The molecule has 1 unspecified atom stereocenters. The van der Waals surface area contributed by atoms with E-state index >= 15 is 0 Å². The lowest BCUT2D eigenvalue weighted by Gasteiger charge is -2.33. The molecule has 0 spiro atoms. The second kappa shape index (κ2) is 7.54. The highest BCUT2D eigenvalue weighted by molar-refractivity contribution is 6.17. The maximum absolute atomic E-state index is 11.9. The summed E-state index contributed by atoms with van der Waals surface area (Å²) in [6.45, 7) is 2.98. The van der Waals surface area contributed by atoms with Crippen LogP contribution in [-0.4, -0.2) is 41.7 Å². The van der Waals surface area contributed by atoms with Crippen LogP contribution >= 0.6 is 11.6 Å². The molecule has 1 aliphatic heterocycles. The van der Waals surface area contributed by atoms with Crippen molar-refractivity contribution in [3.8, 4) is 0 Å². The fourth-order valence-electron chi connectivity index (χ4n) is 2.14. The molecular weight excluding hydrogens is 240 g/mol. The SMILES string of the molecule is CC(=O)NC1CCCN(C(=O)CCCCCl)C1. The first kappa shape index (κ1) is 14.3. The molecule has 0 bridgehead atoms. The number of hydrogen-bond acceptors (Lipinski definition) is 2. The second-order valence-corrected chi connectivity index (χ2v) is 4.90. The average Bonchev–Trinajstić information content (AvgIpc) is 2.28. The number of likely N-dealkylation sites (tertiary alicyclic amines) is 1. The van der Waals surface area contributed by atoms with Gasteiger partial charge in [0, 0.05) is 38.4 Å². The van der Waals surface area contributed by atoms with E-state index in [9.17, 15) is 9.59 Å². The van der Waals surface area contributed by atoms with E-state index in [1.165, 1.54) is 6.92 Å². The highest BCUT2D eigenvalue weighted by atomic mass is 35.5. The van der Waals surface area contributed by atoms with Crippen molar-refractivity contribution in [2.75, 3.05) is 19.0 Å². The molecule has 1 saturated heterocycles. The summed E-state index contributed by atoms with van der Waals surface area (Å²) in [6.07, 6.45) is 4.23. The molecule has 1 N–H and O–H groups in total. The summed E-state index contributed by atoms with van der Waals surface area (Å²) in [5.74, 6) is 0.776. The minimum atomic E-state index is -0.0218. The highest BCUT2D eigenvalue weighted by Crippen LogP contribution is 2.12. The van der Waals surface area contributed by atoms with Gasteiger partial charge >= 0.3 is 0 Å². The van der Waals surface area contributed by atoms with E-state index in [1.807, 2.05) is 4.90 Å². The zero-order valence-corrected chi connectivity index (χ0v) is 11.1. The van der Waals surface area contributed by atoms with Gasteiger partial charge in [0.15, 0.2) is 0 Å². The zero-order valence-electron chi connectivity index (χ0n) is 10.4. The first-order valence-corrected chi connectivity index (χ1v) is 6.77. The van der Waals surface area contributed by atoms with E-state index in [-0.39, 0.29) is 17.9 Å². The third-order valence-electron chi connectivity index (χ3n) is 2.96. The molecule has 0 saturated carbocycles. The molecule has 0 aliphatic carbocycles. The topological polar surface area (TPSA) is 49.4 Å². The summed E-state index contributed by atoms with van der Waals surface area (Å²) in [4.78, 5) is 24.7. The second-order valence-electron chi connectivity index (χ2n) is 4.53. The van der Waals surface area contributed by atoms with Gasteiger partial charge in [-0.15, -0.1) is 11.6 Å². The monoisotopic (exact) mass is 260 g/mol. The fourth-order valence-corrected chi connectivity index (χ4v) is 2.33. The van der Waals surface area contributed by atoms with Gasteiger partial charge in [0.1, 0.15) is 0 Å².